The molecule has 0 spiro atoms. The summed E-state index contributed by atoms with van der Waals surface area (Å²) in [5, 5.41) is 13.8. The first kappa shape index (κ1) is 24.8. The fraction of sp³-hybridized carbons (Fsp3) is 0.391. The Morgan fingerprint density at radius 3 is 2.74 bits per heavy atom. The molecule has 1 aliphatic rings. The second kappa shape index (κ2) is 10.6. The Morgan fingerprint density at radius 2 is 2.06 bits per heavy atom. The molecular weight excluding hydrogens is 473 g/mol. The number of imidazole rings is 1. The van der Waals surface area contributed by atoms with E-state index in [2.05, 4.69) is 15.1 Å². The third-order valence-electron chi connectivity index (χ3n) is 6.19. The summed E-state index contributed by atoms with van der Waals surface area (Å²) in [7, 11) is -4.07. The SMILES string of the molecule is N[C@@H](Cc1cnc[nH]1)C(=O)N1CCC[C@@H]1P(=O)(O)C[C@@H](Cc1cc(-c2ccccc2)no1)C(=O)O. The molecule has 4 rings (SSSR count). The van der Waals surface area contributed by atoms with Crippen molar-refractivity contribution < 1.29 is 28.7 Å². The highest BCUT2D eigenvalue weighted by Gasteiger charge is 2.44. The summed E-state index contributed by atoms with van der Waals surface area (Å²) in [4.78, 5) is 44.0. The van der Waals surface area contributed by atoms with Gasteiger partial charge >= 0.3 is 5.97 Å². The van der Waals surface area contributed by atoms with Gasteiger partial charge in [0, 0.05) is 49.1 Å². The molecule has 2 aromatic heterocycles. The first-order valence-electron chi connectivity index (χ1n) is 11.3. The number of nitrogens with two attached hydrogens (primary N) is 1. The van der Waals surface area contributed by atoms with Crippen LogP contribution in [0.15, 0.2) is 53.4 Å². The van der Waals surface area contributed by atoms with Crippen LogP contribution < -0.4 is 5.73 Å². The molecule has 186 valence electrons. The van der Waals surface area contributed by atoms with Crippen molar-refractivity contribution >= 4 is 19.2 Å². The van der Waals surface area contributed by atoms with Gasteiger partial charge in [0.2, 0.25) is 13.3 Å². The van der Waals surface area contributed by atoms with Gasteiger partial charge in [0.15, 0.2) is 0 Å². The average Bonchev–Trinajstić information content (AvgIpc) is 3.60. The van der Waals surface area contributed by atoms with Crippen LogP contribution in [0, 0.1) is 5.92 Å². The molecule has 5 N–H and O–H groups in total. The van der Waals surface area contributed by atoms with Gasteiger partial charge < -0.3 is 30.1 Å². The monoisotopic (exact) mass is 501 g/mol. The molecule has 0 bridgehead atoms. The molecule has 12 heteroatoms. The van der Waals surface area contributed by atoms with Crippen LogP contribution >= 0.6 is 7.37 Å². The summed E-state index contributed by atoms with van der Waals surface area (Å²) in [6.45, 7) is 0.297. The van der Waals surface area contributed by atoms with Gasteiger partial charge in [-0.1, -0.05) is 35.5 Å². The van der Waals surface area contributed by atoms with Crippen LogP contribution in [-0.4, -0.2) is 66.4 Å². The molecule has 1 aromatic carbocycles. The van der Waals surface area contributed by atoms with Gasteiger partial charge in [-0.3, -0.25) is 14.2 Å². The highest BCUT2D eigenvalue weighted by Crippen LogP contribution is 2.53. The lowest BCUT2D eigenvalue weighted by Crippen LogP contribution is -2.47. The first-order valence-corrected chi connectivity index (χ1v) is 13.2. The summed E-state index contributed by atoms with van der Waals surface area (Å²) >= 11 is 0. The van der Waals surface area contributed by atoms with E-state index >= 15 is 0 Å². The maximum atomic E-state index is 13.4. The lowest BCUT2D eigenvalue weighted by molar-refractivity contribution is -0.141. The molecule has 1 saturated heterocycles. The van der Waals surface area contributed by atoms with Crippen LogP contribution in [-0.2, 0) is 27.0 Å². The van der Waals surface area contributed by atoms with E-state index in [0.29, 0.717) is 36.5 Å². The van der Waals surface area contributed by atoms with Crippen LogP contribution in [0.2, 0.25) is 0 Å². The quantitative estimate of drug-likeness (QED) is 0.303. The average molecular weight is 501 g/mol. The van der Waals surface area contributed by atoms with Gasteiger partial charge in [-0.25, -0.2) is 4.98 Å². The van der Waals surface area contributed by atoms with Crippen molar-refractivity contribution in [3.05, 3.63) is 60.4 Å². The number of aromatic amines is 1. The first-order chi connectivity index (χ1) is 16.7. The molecule has 0 radical (unpaired) electrons. The van der Waals surface area contributed by atoms with Gasteiger partial charge in [0.25, 0.3) is 0 Å². The minimum atomic E-state index is -4.07. The fourth-order valence-corrected chi connectivity index (χ4v) is 6.83. The Bertz CT molecular complexity index is 1200. The van der Waals surface area contributed by atoms with E-state index in [9.17, 15) is 24.2 Å². The van der Waals surface area contributed by atoms with Crippen molar-refractivity contribution in [2.45, 2.75) is 37.5 Å². The zero-order valence-electron chi connectivity index (χ0n) is 19.0. The number of nitrogens with zero attached hydrogens (tertiary/aromatic N) is 3. The summed E-state index contributed by atoms with van der Waals surface area (Å²) in [5.74, 6) is -3.51. The molecule has 1 amide bonds. The van der Waals surface area contributed by atoms with Crippen molar-refractivity contribution in [2.24, 2.45) is 11.7 Å². The van der Waals surface area contributed by atoms with E-state index < -0.39 is 43.1 Å². The number of rotatable bonds is 10. The topological polar surface area (TPSA) is 176 Å². The zero-order chi connectivity index (χ0) is 25.0. The lowest BCUT2D eigenvalue weighted by Gasteiger charge is -2.31. The Labute approximate surface area is 201 Å². The summed E-state index contributed by atoms with van der Waals surface area (Å²) in [6, 6.07) is 9.99. The molecule has 35 heavy (non-hydrogen) atoms. The van der Waals surface area contributed by atoms with Crippen LogP contribution in [0.1, 0.15) is 24.3 Å². The smallest absolute Gasteiger partial charge is 0.307 e. The molecule has 1 aliphatic heterocycles. The summed E-state index contributed by atoms with van der Waals surface area (Å²) in [5.41, 5.74) is 8.12. The number of nitrogens with one attached hydrogen (secondary N) is 1. The van der Waals surface area contributed by atoms with E-state index in [-0.39, 0.29) is 12.8 Å². The Morgan fingerprint density at radius 1 is 1.29 bits per heavy atom. The lowest BCUT2D eigenvalue weighted by atomic mass is 10.1. The van der Waals surface area contributed by atoms with Crippen molar-refractivity contribution in [3.8, 4) is 11.3 Å². The Kier molecular flexibility index (Phi) is 7.49. The van der Waals surface area contributed by atoms with Gasteiger partial charge in [-0.15, -0.1) is 0 Å². The van der Waals surface area contributed by atoms with E-state index in [0.717, 1.165) is 5.56 Å². The number of carbonyl (C=O) groups excluding carboxylic acids is 1. The molecule has 3 heterocycles. The molecule has 0 saturated carbocycles. The third-order valence-corrected chi connectivity index (χ3v) is 8.62. The van der Waals surface area contributed by atoms with Gasteiger partial charge in [-0.05, 0) is 12.8 Å². The number of hydrogen-bond acceptors (Lipinski definition) is 7. The number of hydrogen-bond donors (Lipinski definition) is 4. The Balaban J connectivity index is 1.44. The van der Waals surface area contributed by atoms with Crippen LogP contribution in [0.5, 0.6) is 0 Å². The van der Waals surface area contributed by atoms with Gasteiger partial charge in [0.05, 0.1) is 18.3 Å². The van der Waals surface area contributed by atoms with E-state index in [4.69, 9.17) is 10.3 Å². The predicted molar refractivity (Wildman–Crippen MR) is 126 cm³/mol. The number of aliphatic carboxylic acids is 1. The number of likely N-dealkylation sites (tertiary alicyclic amines) is 1. The number of benzene rings is 1. The predicted octanol–water partition coefficient (Wildman–Crippen LogP) is 2.10. The second-order valence-electron chi connectivity index (χ2n) is 8.76. The normalized spacial score (nSPS) is 19.3. The fourth-order valence-electron chi connectivity index (χ4n) is 4.42. The molecule has 1 fully saturated rings. The molecule has 4 atom stereocenters. The zero-order valence-corrected chi connectivity index (χ0v) is 19.9. The van der Waals surface area contributed by atoms with Crippen LogP contribution in [0.25, 0.3) is 11.3 Å². The van der Waals surface area contributed by atoms with Crippen LogP contribution in [0.3, 0.4) is 0 Å². The van der Waals surface area contributed by atoms with Crippen LogP contribution in [0.4, 0.5) is 0 Å². The molecule has 0 aliphatic carbocycles. The van der Waals surface area contributed by atoms with Crippen molar-refractivity contribution in [3.63, 3.8) is 0 Å². The minimum Gasteiger partial charge on any atom is -0.481 e. The number of H-pyrrole nitrogens is 1. The molecule has 1 unspecified atom stereocenters. The number of carboxylic acid groups (broad SMARTS) is 1. The number of carbonyl (C=O) groups is 2. The summed E-state index contributed by atoms with van der Waals surface area (Å²) < 4.78 is 18.7. The standard InChI is InChI=1S/C23H28N5O6P/c24-19(10-17-12-25-14-26-17)22(29)28-8-4-7-21(28)35(32,33)13-16(23(30)31)9-18-11-20(27-34-18)15-5-2-1-3-6-15/h1-3,5-6,11-12,14,16,19,21H,4,7-10,13,24H2,(H,25,26)(H,30,31)(H,32,33)/t16-,19+,21+/m1/s1. The maximum Gasteiger partial charge on any atom is 0.307 e. The molecule has 11 nitrogen and oxygen atoms in total. The highest BCUT2D eigenvalue weighted by molar-refractivity contribution is 7.58. The van der Waals surface area contributed by atoms with Gasteiger partial charge in [0.1, 0.15) is 17.2 Å². The molecule has 3 aromatic rings. The van der Waals surface area contributed by atoms with Crippen molar-refractivity contribution in [2.75, 3.05) is 12.7 Å². The molecular formula is C23H28N5O6P. The summed E-state index contributed by atoms with van der Waals surface area (Å²) in [6.07, 6.45) is 3.52. The highest BCUT2D eigenvalue weighted by atomic mass is 31.2. The van der Waals surface area contributed by atoms with E-state index in [1.165, 1.54) is 11.2 Å². The van der Waals surface area contributed by atoms with Crippen molar-refractivity contribution in [1.82, 2.24) is 20.0 Å². The van der Waals surface area contributed by atoms with E-state index in [1.807, 2.05) is 30.3 Å². The second-order valence-corrected chi connectivity index (χ2v) is 11.2. The third kappa shape index (κ3) is 5.87. The Hall–Kier alpha value is -3.27. The number of amides is 1. The number of aromatic nitrogens is 3. The van der Waals surface area contributed by atoms with E-state index in [1.54, 1.807) is 12.3 Å². The number of carboxylic acids is 1. The largest absolute Gasteiger partial charge is 0.481 e. The minimum absolute atomic E-state index is 0.0975. The van der Waals surface area contributed by atoms with Gasteiger partial charge in [-0.2, -0.15) is 0 Å². The maximum absolute atomic E-state index is 13.4. The van der Waals surface area contributed by atoms with Crippen molar-refractivity contribution in [1.29, 1.82) is 0 Å².